The normalized spacial score (nSPS) is 17.8. The Hall–Kier alpha value is -3.58. The second-order valence-electron chi connectivity index (χ2n) is 8.81. The van der Waals surface area contributed by atoms with Crippen molar-refractivity contribution >= 4 is 28.4 Å². The molecule has 1 fully saturated rings. The summed E-state index contributed by atoms with van der Waals surface area (Å²) in [6.45, 7) is 4.56. The van der Waals surface area contributed by atoms with Gasteiger partial charge in [-0.25, -0.2) is 0 Å². The number of ketones is 1. The molecule has 1 N–H and O–H groups in total. The molecule has 0 saturated carbocycles. The van der Waals surface area contributed by atoms with Crippen LogP contribution in [0.15, 0.2) is 54.2 Å². The molecule has 1 amide bonds. The van der Waals surface area contributed by atoms with Gasteiger partial charge in [-0.3, -0.25) is 9.59 Å². The Labute approximate surface area is 199 Å². The van der Waals surface area contributed by atoms with Gasteiger partial charge in [-0.2, -0.15) is 0 Å². The van der Waals surface area contributed by atoms with E-state index in [2.05, 4.69) is 0 Å². The first-order valence-corrected chi connectivity index (χ1v) is 11.3. The molecule has 1 aliphatic heterocycles. The van der Waals surface area contributed by atoms with E-state index in [4.69, 9.17) is 9.47 Å². The number of fused-ring (bicyclic) bond motifs is 1. The van der Waals surface area contributed by atoms with Crippen LogP contribution < -0.4 is 4.74 Å². The van der Waals surface area contributed by atoms with Gasteiger partial charge in [0.1, 0.15) is 11.5 Å². The molecule has 1 saturated heterocycles. The molecule has 7 heteroatoms. The van der Waals surface area contributed by atoms with Crippen molar-refractivity contribution in [2.45, 2.75) is 25.8 Å². The molecule has 2 aromatic carbocycles. The van der Waals surface area contributed by atoms with Crippen molar-refractivity contribution in [2.24, 2.45) is 7.05 Å². The van der Waals surface area contributed by atoms with Crippen molar-refractivity contribution in [1.82, 2.24) is 9.47 Å². The molecule has 1 atom stereocenters. The van der Waals surface area contributed by atoms with Crippen molar-refractivity contribution in [3.8, 4) is 5.75 Å². The zero-order valence-electron chi connectivity index (χ0n) is 20.2. The van der Waals surface area contributed by atoms with Crippen LogP contribution >= 0.6 is 0 Å². The third-order valence-electron chi connectivity index (χ3n) is 6.42. The van der Waals surface area contributed by atoms with Crippen LogP contribution in [0.5, 0.6) is 5.75 Å². The van der Waals surface area contributed by atoms with E-state index in [9.17, 15) is 14.7 Å². The number of aliphatic hydroxyl groups excluding tert-OH is 1. The molecule has 178 valence electrons. The lowest BCUT2D eigenvalue weighted by atomic mass is 9.93. The molecule has 0 radical (unpaired) electrons. The third kappa shape index (κ3) is 3.86. The number of aliphatic hydroxyl groups is 1. The number of likely N-dealkylation sites (tertiary alicyclic amines) is 1. The van der Waals surface area contributed by atoms with Crippen LogP contribution in [0.2, 0.25) is 0 Å². The Morgan fingerprint density at radius 1 is 1.12 bits per heavy atom. The number of carbonyl (C=O) groups excluding carboxylic acids is 2. The summed E-state index contributed by atoms with van der Waals surface area (Å²) in [6.07, 6.45) is 1.92. The van der Waals surface area contributed by atoms with E-state index in [0.717, 1.165) is 22.0 Å². The van der Waals surface area contributed by atoms with E-state index >= 15 is 0 Å². The van der Waals surface area contributed by atoms with E-state index in [1.807, 2.05) is 62.0 Å². The van der Waals surface area contributed by atoms with Crippen LogP contribution in [0.25, 0.3) is 16.7 Å². The van der Waals surface area contributed by atoms with Crippen LogP contribution in [0.1, 0.15) is 42.5 Å². The number of Topliss-reactive ketones (excluding diaryl/α,β-unsaturated/α-hetero) is 1. The van der Waals surface area contributed by atoms with Gasteiger partial charge >= 0.3 is 0 Å². The number of hydrogen-bond acceptors (Lipinski definition) is 5. The van der Waals surface area contributed by atoms with Gasteiger partial charge in [0.15, 0.2) is 0 Å². The Bertz CT molecular complexity index is 1290. The van der Waals surface area contributed by atoms with Crippen molar-refractivity contribution in [3.05, 3.63) is 70.9 Å². The SMILES string of the molecule is COCCN1C(=O)C(=O)/C(=C(/O)c2ccc(OC)c(C(C)C)c2)C1c1cn(C)c2ccccc12. The number of aryl methyl sites for hydroxylation is 1. The average molecular weight is 463 g/mol. The Morgan fingerprint density at radius 2 is 1.85 bits per heavy atom. The van der Waals surface area contributed by atoms with Gasteiger partial charge < -0.3 is 24.0 Å². The molecule has 1 unspecified atom stereocenters. The number of amides is 1. The molecule has 1 aromatic heterocycles. The van der Waals surface area contributed by atoms with Gasteiger partial charge in [-0.15, -0.1) is 0 Å². The van der Waals surface area contributed by atoms with E-state index < -0.39 is 17.7 Å². The maximum Gasteiger partial charge on any atom is 0.295 e. The van der Waals surface area contributed by atoms with Crippen LogP contribution in [-0.2, 0) is 21.4 Å². The highest BCUT2D eigenvalue weighted by Crippen LogP contribution is 2.42. The number of rotatable bonds is 7. The zero-order chi connectivity index (χ0) is 24.6. The Kier molecular flexibility index (Phi) is 6.48. The molecule has 0 bridgehead atoms. The standard InChI is InChI=1S/C27H30N2O5/c1-16(2)19-14-17(10-11-22(19)34-5)25(30)23-24(29(12-13-33-4)27(32)26(23)31)20-15-28(3)21-9-7-6-8-18(20)21/h6-11,14-16,24,30H,12-13H2,1-5H3/b25-23+. The van der Waals surface area contributed by atoms with Gasteiger partial charge in [0.2, 0.25) is 0 Å². The minimum Gasteiger partial charge on any atom is -0.507 e. The fraction of sp³-hybridized carbons (Fsp3) is 0.333. The molecule has 3 aromatic rings. The molecule has 0 spiro atoms. The smallest absolute Gasteiger partial charge is 0.295 e. The highest BCUT2D eigenvalue weighted by Gasteiger charge is 2.46. The number of carbonyl (C=O) groups is 2. The number of hydrogen-bond donors (Lipinski definition) is 1. The lowest BCUT2D eigenvalue weighted by Crippen LogP contribution is -2.32. The predicted octanol–water partition coefficient (Wildman–Crippen LogP) is 4.38. The quantitative estimate of drug-likeness (QED) is 0.320. The average Bonchev–Trinajstić information content (AvgIpc) is 3.30. The fourth-order valence-electron chi connectivity index (χ4n) is 4.70. The number of methoxy groups -OCH3 is 2. The third-order valence-corrected chi connectivity index (χ3v) is 6.42. The first kappa shape index (κ1) is 23.6. The van der Waals surface area contributed by atoms with Crippen LogP contribution in [-0.4, -0.2) is 53.6 Å². The number of benzene rings is 2. The van der Waals surface area contributed by atoms with E-state index in [1.54, 1.807) is 26.4 Å². The summed E-state index contributed by atoms with van der Waals surface area (Å²) in [4.78, 5) is 27.9. The molecule has 7 nitrogen and oxygen atoms in total. The van der Waals surface area contributed by atoms with E-state index in [-0.39, 0.29) is 30.4 Å². The van der Waals surface area contributed by atoms with Crippen LogP contribution in [0.4, 0.5) is 0 Å². The monoisotopic (exact) mass is 462 g/mol. The minimum atomic E-state index is -0.731. The largest absolute Gasteiger partial charge is 0.507 e. The summed E-state index contributed by atoms with van der Waals surface area (Å²) >= 11 is 0. The summed E-state index contributed by atoms with van der Waals surface area (Å²) in [5.41, 5.74) is 3.22. The second kappa shape index (κ2) is 9.35. The molecular formula is C27H30N2O5. The van der Waals surface area contributed by atoms with Crippen molar-refractivity contribution in [2.75, 3.05) is 27.4 Å². The van der Waals surface area contributed by atoms with Gasteiger partial charge in [-0.05, 0) is 35.7 Å². The minimum absolute atomic E-state index is 0.0809. The van der Waals surface area contributed by atoms with Gasteiger partial charge in [-0.1, -0.05) is 32.0 Å². The first-order valence-electron chi connectivity index (χ1n) is 11.3. The number of para-hydroxylation sites is 1. The van der Waals surface area contributed by atoms with E-state index in [0.29, 0.717) is 11.3 Å². The maximum atomic E-state index is 13.3. The first-order chi connectivity index (χ1) is 16.3. The summed E-state index contributed by atoms with van der Waals surface area (Å²) in [5.74, 6) is -0.693. The Morgan fingerprint density at radius 3 is 2.53 bits per heavy atom. The summed E-state index contributed by atoms with van der Waals surface area (Å²) in [6, 6.07) is 12.4. The van der Waals surface area contributed by atoms with Crippen LogP contribution in [0, 0.1) is 0 Å². The number of nitrogens with zero attached hydrogens (tertiary/aromatic N) is 2. The van der Waals surface area contributed by atoms with Crippen LogP contribution in [0.3, 0.4) is 0 Å². The second-order valence-corrected chi connectivity index (χ2v) is 8.81. The highest BCUT2D eigenvalue weighted by atomic mass is 16.5. The molecule has 1 aliphatic rings. The molecular weight excluding hydrogens is 432 g/mol. The van der Waals surface area contributed by atoms with Crippen molar-refractivity contribution in [1.29, 1.82) is 0 Å². The molecule has 2 heterocycles. The predicted molar refractivity (Wildman–Crippen MR) is 131 cm³/mol. The fourth-order valence-corrected chi connectivity index (χ4v) is 4.70. The van der Waals surface area contributed by atoms with Gasteiger partial charge in [0, 0.05) is 48.9 Å². The Balaban J connectivity index is 1.95. The summed E-state index contributed by atoms with van der Waals surface area (Å²) in [7, 11) is 5.07. The lowest BCUT2D eigenvalue weighted by Gasteiger charge is -2.24. The number of ether oxygens (including phenoxy) is 2. The molecule has 34 heavy (non-hydrogen) atoms. The maximum absolute atomic E-state index is 13.3. The summed E-state index contributed by atoms with van der Waals surface area (Å²) < 4.78 is 12.6. The van der Waals surface area contributed by atoms with Gasteiger partial charge in [0.25, 0.3) is 11.7 Å². The topological polar surface area (TPSA) is 81.0 Å². The van der Waals surface area contributed by atoms with E-state index in [1.165, 1.54) is 4.90 Å². The number of aromatic nitrogens is 1. The lowest BCUT2D eigenvalue weighted by molar-refractivity contribution is -0.140. The van der Waals surface area contributed by atoms with Gasteiger partial charge in [0.05, 0.1) is 25.3 Å². The van der Waals surface area contributed by atoms with Crippen molar-refractivity contribution < 1.29 is 24.2 Å². The van der Waals surface area contributed by atoms with Crippen molar-refractivity contribution in [3.63, 3.8) is 0 Å². The zero-order valence-corrected chi connectivity index (χ0v) is 20.2. The molecule has 0 aliphatic carbocycles. The summed E-state index contributed by atoms with van der Waals surface area (Å²) in [5, 5.41) is 12.4. The molecule has 4 rings (SSSR count). The highest BCUT2D eigenvalue weighted by molar-refractivity contribution is 6.46.